The van der Waals surface area contributed by atoms with Gasteiger partial charge in [-0.05, 0) is 41.8 Å². The lowest BCUT2D eigenvalue weighted by atomic mass is 9.99. The van der Waals surface area contributed by atoms with Crippen molar-refractivity contribution < 1.29 is 9.53 Å². The van der Waals surface area contributed by atoms with E-state index in [0.29, 0.717) is 5.56 Å². The summed E-state index contributed by atoms with van der Waals surface area (Å²) >= 11 is 0. The second-order valence-corrected chi connectivity index (χ2v) is 6.20. The molecular formula is C22H18N2O2. The molecule has 0 aliphatic rings. The first kappa shape index (κ1) is 16.1. The number of hydrogen-bond donors (Lipinski definition) is 1. The maximum absolute atomic E-state index is 11.7. The van der Waals surface area contributed by atoms with Crippen molar-refractivity contribution >= 4 is 17.0 Å². The number of carbonyl (C=O) groups is 1. The van der Waals surface area contributed by atoms with E-state index in [4.69, 9.17) is 4.74 Å². The molecular weight excluding hydrogens is 324 g/mol. The molecule has 4 aromatic rings. The number of aryl methyl sites for hydroxylation is 1. The molecule has 0 saturated heterocycles. The Balaban J connectivity index is 1.69. The van der Waals surface area contributed by atoms with Crippen molar-refractivity contribution in [3.63, 3.8) is 0 Å². The molecule has 4 rings (SSSR count). The molecule has 0 amide bonds. The minimum atomic E-state index is -0.356. The summed E-state index contributed by atoms with van der Waals surface area (Å²) in [6.07, 6.45) is 0. The minimum Gasteiger partial charge on any atom is -0.465 e. The lowest BCUT2D eigenvalue weighted by molar-refractivity contribution is 0.0601. The van der Waals surface area contributed by atoms with Gasteiger partial charge in [0.25, 0.3) is 0 Å². The monoisotopic (exact) mass is 342 g/mol. The van der Waals surface area contributed by atoms with Gasteiger partial charge in [0.1, 0.15) is 5.82 Å². The molecule has 0 spiro atoms. The first-order valence-electron chi connectivity index (χ1n) is 8.40. The van der Waals surface area contributed by atoms with Gasteiger partial charge in [-0.3, -0.25) is 0 Å². The number of rotatable bonds is 3. The van der Waals surface area contributed by atoms with Crippen LogP contribution in [0.5, 0.6) is 0 Å². The van der Waals surface area contributed by atoms with E-state index in [2.05, 4.69) is 53.3 Å². The lowest BCUT2D eigenvalue weighted by Crippen LogP contribution is -2.00. The first-order valence-corrected chi connectivity index (χ1v) is 8.40. The van der Waals surface area contributed by atoms with Gasteiger partial charge in [0.2, 0.25) is 0 Å². The number of hydrogen-bond acceptors (Lipinski definition) is 3. The molecule has 0 saturated carbocycles. The molecule has 128 valence electrons. The van der Waals surface area contributed by atoms with Gasteiger partial charge in [-0.1, -0.05) is 48.5 Å². The number of benzene rings is 3. The van der Waals surface area contributed by atoms with Crippen molar-refractivity contribution in [1.29, 1.82) is 0 Å². The van der Waals surface area contributed by atoms with Gasteiger partial charge >= 0.3 is 5.97 Å². The van der Waals surface area contributed by atoms with Crippen LogP contribution in [-0.4, -0.2) is 23.0 Å². The van der Waals surface area contributed by atoms with E-state index in [-0.39, 0.29) is 5.97 Å². The molecule has 0 radical (unpaired) electrons. The molecule has 26 heavy (non-hydrogen) atoms. The average molecular weight is 342 g/mol. The SMILES string of the molecule is COC(=O)c1ccc2nc(-c3ccc(-c4ccccc4C)cc3)[nH]c2c1. The van der Waals surface area contributed by atoms with Crippen molar-refractivity contribution in [2.24, 2.45) is 0 Å². The van der Waals surface area contributed by atoms with E-state index in [1.54, 1.807) is 12.1 Å². The van der Waals surface area contributed by atoms with E-state index in [1.165, 1.54) is 23.8 Å². The summed E-state index contributed by atoms with van der Waals surface area (Å²) < 4.78 is 4.77. The Bertz CT molecular complexity index is 1090. The van der Waals surface area contributed by atoms with Crippen LogP contribution in [0.3, 0.4) is 0 Å². The fourth-order valence-corrected chi connectivity index (χ4v) is 3.10. The summed E-state index contributed by atoms with van der Waals surface area (Å²) in [6.45, 7) is 2.11. The Morgan fingerprint density at radius 3 is 2.42 bits per heavy atom. The molecule has 0 unspecified atom stereocenters. The normalized spacial score (nSPS) is 10.8. The fraction of sp³-hybridized carbons (Fsp3) is 0.0909. The average Bonchev–Trinajstić information content (AvgIpc) is 3.11. The van der Waals surface area contributed by atoms with E-state index in [9.17, 15) is 4.79 Å². The molecule has 4 heteroatoms. The third kappa shape index (κ3) is 2.86. The summed E-state index contributed by atoms with van der Waals surface area (Å²) in [5.74, 6) is 0.420. The van der Waals surface area contributed by atoms with Crippen molar-refractivity contribution in [2.75, 3.05) is 7.11 Å². The summed E-state index contributed by atoms with van der Waals surface area (Å²) in [7, 11) is 1.38. The number of nitrogens with zero attached hydrogens (tertiary/aromatic N) is 1. The maximum Gasteiger partial charge on any atom is 0.337 e. The van der Waals surface area contributed by atoms with E-state index in [1.807, 2.05) is 18.2 Å². The number of esters is 1. The zero-order valence-corrected chi connectivity index (χ0v) is 14.6. The number of aromatic nitrogens is 2. The molecule has 1 heterocycles. The summed E-state index contributed by atoms with van der Waals surface area (Å²) in [6, 6.07) is 22.0. The Labute approximate surface area is 151 Å². The number of aromatic amines is 1. The molecule has 0 bridgehead atoms. The molecule has 4 nitrogen and oxygen atoms in total. The zero-order valence-electron chi connectivity index (χ0n) is 14.6. The van der Waals surface area contributed by atoms with Crippen LogP contribution < -0.4 is 0 Å². The fourth-order valence-electron chi connectivity index (χ4n) is 3.10. The predicted molar refractivity (Wildman–Crippen MR) is 103 cm³/mol. The second-order valence-electron chi connectivity index (χ2n) is 6.20. The number of methoxy groups -OCH3 is 1. The third-order valence-corrected chi connectivity index (χ3v) is 4.52. The number of fused-ring (bicyclic) bond motifs is 1. The number of ether oxygens (including phenoxy) is 1. The van der Waals surface area contributed by atoms with Gasteiger partial charge in [-0.2, -0.15) is 0 Å². The molecule has 1 N–H and O–H groups in total. The third-order valence-electron chi connectivity index (χ3n) is 4.52. The standard InChI is InChI=1S/C22H18N2O2/c1-14-5-3-4-6-18(14)15-7-9-16(10-8-15)21-23-19-12-11-17(22(25)26-2)13-20(19)24-21/h3-13H,1-2H3,(H,23,24). The Morgan fingerprint density at radius 1 is 0.962 bits per heavy atom. The van der Waals surface area contributed by atoms with Gasteiger partial charge in [0.05, 0.1) is 23.7 Å². The van der Waals surface area contributed by atoms with Crippen molar-refractivity contribution in [3.05, 3.63) is 77.9 Å². The summed E-state index contributed by atoms with van der Waals surface area (Å²) in [5, 5.41) is 0. The minimum absolute atomic E-state index is 0.356. The predicted octanol–water partition coefficient (Wildman–Crippen LogP) is 4.99. The van der Waals surface area contributed by atoms with Crippen molar-refractivity contribution in [3.8, 4) is 22.5 Å². The topological polar surface area (TPSA) is 55.0 Å². The van der Waals surface area contributed by atoms with Crippen molar-refractivity contribution in [2.45, 2.75) is 6.92 Å². The highest BCUT2D eigenvalue weighted by molar-refractivity contribution is 5.94. The number of H-pyrrole nitrogens is 1. The highest BCUT2D eigenvalue weighted by Crippen LogP contribution is 2.27. The largest absolute Gasteiger partial charge is 0.465 e. The number of nitrogens with one attached hydrogen (secondary N) is 1. The van der Waals surface area contributed by atoms with Gasteiger partial charge in [0.15, 0.2) is 0 Å². The smallest absolute Gasteiger partial charge is 0.337 e. The van der Waals surface area contributed by atoms with Gasteiger partial charge < -0.3 is 9.72 Å². The van der Waals surface area contributed by atoms with Crippen LogP contribution in [0.1, 0.15) is 15.9 Å². The van der Waals surface area contributed by atoms with Gasteiger partial charge in [0, 0.05) is 5.56 Å². The van der Waals surface area contributed by atoms with Crippen LogP contribution in [0, 0.1) is 6.92 Å². The van der Waals surface area contributed by atoms with Crippen LogP contribution in [0.25, 0.3) is 33.5 Å². The highest BCUT2D eigenvalue weighted by atomic mass is 16.5. The van der Waals surface area contributed by atoms with Crippen LogP contribution in [-0.2, 0) is 4.74 Å². The van der Waals surface area contributed by atoms with Gasteiger partial charge in [-0.15, -0.1) is 0 Å². The molecule has 0 atom stereocenters. The second kappa shape index (κ2) is 6.48. The molecule has 0 aliphatic carbocycles. The lowest BCUT2D eigenvalue weighted by Gasteiger charge is -2.06. The summed E-state index contributed by atoms with van der Waals surface area (Å²) in [5.41, 5.74) is 6.78. The molecule has 0 aliphatic heterocycles. The van der Waals surface area contributed by atoms with E-state index >= 15 is 0 Å². The zero-order chi connectivity index (χ0) is 18.1. The van der Waals surface area contributed by atoms with Crippen LogP contribution in [0.15, 0.2) is 66.7 Å². The number of imidazole rings is 1. The van der Waals surface area contributed by atoms with Crippen molar-refractivity contribution in [1.82, 2.24) is 9.97 Å². The Morgan fingerprint density at radius 2 is 1.69 bits per heavy atom. The van der Waals surface area contributed by atoms with Crippen LogP contribution >= 0.6 is 0 Å². The molecule has 3 aromatic carbocycles. The van der Waals surface area contributed by atoms with Crippen LogP contribution in [0.2, 0.25) is 0 Å². The maximum atomic E-state index is 11.7. The molecule has 1 aromatic heterocycles. The quantitative estimate of drug-likeness (QED) is 0.534. The Hall–Kier alpha value is -3.40. The van der Waals surface area contributed by atoms with E-state index in [0.717, 1.165) is 22.4 Å². The van der Waals surface area contributed by atoms with Crippen LogP contribution in [0.4, 0.5) is 0 Å². The summed E-state index contributed by atoms with van der Waals surface area (Å²) in [4.78, 5) is 19.6. The number of carbonyl (C=O) groups excluding carboxylic acids is 1. The first-order chi connectivity index (χ1) is 12.7. The highest BCUT2D eigenvalue weighted by Gasteiger charge is 2.10. The molecule has 0 fully saturated rings. The Kier molecular flexibility index (Phi) is 4.01. The van der Waals surface area contributed by atoms with Gasteiger partial charge in [-0.25, -0.2) is 9.78 Å². The van der Waals surface area contributed by atoms with E-state index < -0.39 is 0 Å².